The number of allylic oxidation sites excluding steroid dienone is 4. The summed E-state index contributed by atoms with van der Waals surface area (Å²) in [6.07, 6.45) is 11.5. The van der Waals surface area contributed by atoms with Gasteiger partial charge >= 0.3 is 0 Å². The van der Waals surface area contributed by atoms with E-state index in [-0.39, 0.29) is 10.9 Å². The molecule has 0 heterocycles. The first-order chi connectivity index (χ1) is 14.9. The Morgan fingerprint density at radius 3 is 2.29 bits per heavy atom. The molecule has 0 N–H and O–H groups in total. The van der Waals surface area contributed by atoms with Crippen molar-refractivity contribution in [2.75, 3.05) is 0 Å². The van der Waals surface area contributed by atoms with Crippen molar-refractivity contribution in [2.45, 2.75) is 52.4 Å². The Morgan fingerprint density at radius 1 is 0.935 bits per heavy atom. The highest BCUT2D eigenvalue weighted by molar-refractivity contribution is 5.89. The van der Waals surface area contributed by atoms with Gasteiger partial charge in [-0.25, -0.2) is 22.0 Å². The van der Waals surface area contributed by atoms with Gasteiger partial charge < -0.3 is 0 Å². The SMILES string of the molecule is C/C=C/CCC1CCC(C(F)=C(F)c2ccc3cc(/C=C/C)c(F)c(F)c3c2F)CC1. The van der Waals surface area contributed by atoms with Gasteiger partial charge in [-0.1, -0.05) is 30.4 Å². The monoisotopic (exact) mass is 434 g/mol. The standard InChI is InChI=1S/C26H27F5/c1-3-5-6-8-16-9-11-17(12-10-16)22(27)25(30)20-14-13-18-15-19(7-4-2)23(28)26(31)21(18)24(20)29/h3-5,7,13-17H,6,8-12H2,1-2H3/b5-3+,7-4+,25-22?. The summed E-state index contributed by atoms with van der Waals surface area (Å²) in [6, 6.07) is 3.66. The highest BCUT2D eigenvalue weighted by Gasteiger charge is 2.28. The van der Waals surface area contributed by atoms with Gasteiger partial charge in [-0.05, 0) is 75.8 Å². The van der Waals surface area contributed by atoms with Crippen LogP contribution in [0.1, 0.15) is 63.5 Å². The van der Waals surface area contributed by atoms with Crippen molar-refractivity contribution in [2.24, 2.45) is 11.8 Å². The number of rotatable bonds is 6. The molecule has 1 aliphatic rings. The number of halogens is 5. The minimum absolute atomic E-state index is 0.0342. The van der Waals surface area contributed by atoms with Gasteiger partial charge in [0.2, 0.25) is 0 Å². The van der Waals surface area contributed by atoms with E-state index in [4.69, 9.17) is 0 Å². The Bertz CT molecular complexity index is 1020. The van der Waals surface area contributed by atoms with E-state index in [1.807, 2.05) is 13.0 Å². The average molecular weight is 434 g/mol. The summed E-state index contributed by atoms with van der Waals surface area (Å²) >= 11 is 0. The number of hydrogen-bond acceptors (Lipinski definition) is 0. The molecule has 0 spiro atoms. The summed E-state index contributed by atoms with van der Waals surface area (Å²) in [5.41, 5.74) is -0.703. The molecule has 1 saturated carbocycles. The van der Waals surface area contributed by atoms with Crippen LogP contribution < -0.4 is 0 Å². The summed E-state index contributed by atoms with van der Waals surface area (Å²) in [7, 11) is 0. The quantitative estimate of drug-likeness (QED) is 0.314. The van der Waals surface area contributed by atoms with E-state index in [0.717, 1.165) is 31.7 Å². The second kappa shape index (κ2) is 10.3. The first kappa shape index (κ1) is 23.2. The third-order valence-electron chi connectivity index (χ3n) is 6.13. The van der Waals surface area contributed by atoms with Gasteiger partial charge in [-0.3, -0.25) is 0 Å². The van der Waals surface area contributed by atoms with E-state index in [1.165, 1.54) is 24.3 Å². The molecule has 0 aromatic heterocycles. The normalized spacial score (nSPS) is 20.7. The number of hydrogen-bond donors (Lipinski definition) is 0. The minimum Gasteiger partial charge on any atom is -0.208 e. The Morgan fingerprint density at radius 2 is 1.65 bits per heavy atom. The Kier molecular flexibility index (Phi) is 7.69. The molecule has 166 valence electrons. The molecule has 0 bridgehead atoms. The first-order valence-corrected chi connectivity index (χ1v) is 10.8. The van der Waals surface area contributed by atoms with E-state index in [2.05, 4.69) is 6.08 Å². The van der Waals surface area contributed by atoms with Crippen LogP contribution in [0.5, 0.6) is 0 Å². The van der Waals surface area contributed by atoms with Gasteiger partial charge in [-0.2, -0.15) is 0 Å². The Labute approximate surface area is 180 Å². The maximum absolute atomic E-state index is 15.0. The van der Waals surface area contributed by atoms with Crippen molar-refractivity contribution in [1.29, 1.82) is 0 Å². The van der Waals surface area contributed by atoms with Crippen molar-refractivity contribution in [3.63, 3.8) is 0 Å². The largest absolute Gasteiger partial charge is 0.208 e. The maximum atomic E-state index is 15.0. The molecule has 1 fully saturated rings. The van der Waals surface area contributed by atoms with Crippen LogP contribution in [0.3, 0.4) is 0 Å². The molecule has 3 rings (SSSR count). The van der Waals surface area contributed by atoms with Gasteiger partial charge in [0, 0.05) is 17.0 Å². The zero-order chi connectivity index (χ0) is 22.5. The lowest BCUT2D eigenvalue weighted by Crippen LogP contribution is -2.15. The van der Waals surface area contributed by atoms with Crippen molar-refractivity contribution in [1.82, 2.24) is 0 Å². The predicted octanol–water partition coefficient (Wildman–Crippen LogP) is 9.06. The molecule has 0 radical (unpaired) electrons. The molecule has 2 aromatic rings. The molecule has 0 aliphatic heterocycles. The van der Waals surface area contributed by atoms with Crippen molar-refractivity contribution in [3.8, 4) is 0 Å². The molecule has 2 aromatic carbocycles. The van der Waals surface area contributed by atoms with Gasteiger partial charge in [0.15, 0.2) is 17.5 Å². The van der Waals surface area contributed by atoms with Crippen molar-refractivity contribution in [3.05, 3.63) is 70.8 Å². The van der Waals surface area contributed by atoms with Crippen molar-refractivity contribution >= 4 is 22.7 Å². The fourth-order valence-corrected chi connectivity index (χ4v) is 4.38. The number of fused-ring (bicyclic) bond motifs is 1. The summed E-state index contributed by atoms with van der Waals surface area (Å²) < 4.78 is 73.5. The Hall–Kier alpha value is -2.43. The third kappa shape index (κ3) is 4.91. The highest BCUT2D eigenvalue weighted by atomic mass is 19.2. The molecule has 0 atom stereocenters. The molecule has 5 heteroatoms. The molecular formula is C26H27F5. The summed E-state index contributed by atoms with van der Waals surface area (Å²) in [6.45, 7) is 3.61. The lowest BCUT2D eigenvalue weighted by molar-refractivity contribution is 0.263. The summed E-state index contributed by atoms with van der Waals surface area (Å²) in [4.78, 5) is 0. The van der Waals surface area contributed by atoms with E-state index in [1.54, 1.807) is 6.92 Å². The second-order valence-electron chi connectivity index (χ2n) is 8.14. The van der Waals surface area contributed by atoms with Gasteiger partial charge in [0.05, 0.1) is 5.39 Å². The van der Waals surface area contributed by atoms with Crippen LogP contribution in [0, 0.1) is 29.3 Å². The van der Waals surface area contributed by atoms with Crippen LogP contribution in [0.4, 0.5) is 22.0 Å². The lowest BCUT2D eigenvalue weighted by atomic mass is 9.79. The summed E-state index contributed by atoms with van der Waals surface area (Å²) in [5, 5.41) is -0.581. The smallest absolute Gasteiger partial charge is 0.170 e. The zero-order valence-corrected chi connectivity index (χ0v) is 17.8. The molecule has 31 heavy (non-hydrogen) atoms. The van der Waals surface area contributed by atoms with Gasteiger partial charge in [0.25, 0.3) is 0 Å². The highest BCUT2D eigenvalue weighted by Crippen LogP contribution is 2.40. The van der Waals surface area contributed by atoms with Crippen LogP contribution in [0.2, 0.25) is 0 Å². The summed E-state index contributed by atoms with van der Waals surface area (Å²) in [5.74, 6) is -6.38. The molecule has 0 saturated heterocycles. The van der Waals surface area contributed by atoms with Gasteiger partial charge in [-0.15, -0.1) is 0 Å². The molecule has 0 amide bonds. The fourth-order valence-electron chi connectivity index (χ4n) is 4.38. The Balaban J connectivity index is 1.89. The van der Waals surface area contributed by atoms with Crippen LogP contribution in [-0.4, -0.2) is 0 Å². The third-order valence-corrected chi connectivity index (χ3v) is 6.13. The first-order valence-electron chi connectivity index (χ1n) is 10.8. The van der Waals surface area contributed by atoms with Crippen LogP contribution in [0.15, 0.2) is 42.3 Å². The molecule has 1 aliphatic carbocycles. The van der Waals surface area contributed by atoms with Crippen molar-refractivity contribution < 1.29 is 22.0 Å². The van der Waals surface area contributed by atoms with E-state index < -0.39 is 46.0 Å². The van der Waals surface area contributed by atoms with Crippen LogP contribution in [-0.2, 0) is 0 Å². The minimum atomic E-state index is -1.40. The molecular weight excluding hydrogens is 407 g/mol. The van der Waals surface area contributed by atoms with E-state index in [0.29, 0.717) is 18.8 Å². The molecule has 0 nitrogen and oxygen atoms in total. The van der Waals surface area contributed by atoms with Gasteiger partial charge in [0.1, 0.15) is 11.6 Å². The fraction of sp³-hybridized carbons (Fsp3) is 0.385. The van der Waals surface area contributed by atoms with Crippen LogP contribution >= 0.6 is 0 Å². The predicted molar refractivity (Wildman–Crippen MR) is 117 cm³/mol. The van der Waals surface area contributed by atoms with E-state index in [9.17, 15) is 22.0 Å². The van der Waals surface area contributed by atoms with Crippen LogP contribution in [0.25, 0.3) is 22.7 Å². The maximum Gasteiger partial charge on any atom is 0.170 e. The number of benzene rings is 2. The second-order valence-corrected chi connectivity index (χ2v) is 8.14. The lowest BCUT2D eigenvalue weighted by Gasteiger charge is -2.27. The average Bonchev–Trinajstić information content (AvgIpc) is 2.77. The topological polar surface area (TPSA) is 0 Å². The zero-order valence-electron chi connectivity index (χ0n) is 17.8. The molecule has 0 unspecified atom stereocenters. The van der Waals surface area contributed by atoms with E-state index >= 15 is 0 Å².